The number of aryl methyl sites for hydroxylation is 1. The summed E-state index contributed by atoms with van der Waals surface area (Å²) in [6, 6.07) is 5.26. The van der Waals surface area contributed by atoms with Gasteiger partial charge in [0.15, 0.2) is 0 Å². The van der Waals surface area contributed by atoms with Crippen molar-refractivity contribution in [2.75, 3.05) is 11.6 Å². The van der Waals surface area contributed by atoms with E-state index in [1.54, 1.807) is 12.1 Å². The number of ketones is 1. The zero-order valence-corrected chi connectivity index (χ0v) is 9.73. The van der Waals surface area contributed by atoms with Crippen molar-refractivity contribution in [3.63, 3.8) is 0 Å². The van der Waals surface area contributed by atoms with E-state index in [0.29, 0.717) is 10.7 Å². The lowest BCUT2D eigenvalue weighted by atomic mass is 10.2. The Bertz CT molecular complexity index is 540. The van der Waals surface area contributed by atoms with Gasteiger partial charge in [-0.1, -0.05) is 17.7 Å². The molecule has 1 aromatic rings. The zero-order valence-electron chi connectivity index (χ0n) is 8.98. The number of hydrogen-bond donors (Lipinski definition) is 1. The molecular weight excluding hydrogens is 244 g/mol. The molecule has 2 rings (SSSR count). The topological polar surface area (TPSA) is 70.0 Å². The summed E-state index contributed by atoms with van der Waals surface area (Å²) < 4.78 is 0. The van der Waals surface area contributed by atoms with Crippen molar-refractivity contribution in [2.24, 2.45) is 5.10 Å². The molecule has 0 spiro atoms. The van der Waals surface area contributed by atoms with Gasteiger partial charge in [0.25, 0.3) is 0 Å². The second-order valence-electron chi connectivity index (χ2n) is 3.69. The van der Waals surface area contributed by atoms with Crippen molar-refractivity contribution in [3.8, 4) is 0 Å². The van der Waals surface area contributed by atoms with Crippen LogP contribution < -0.4 is 5.01 Å². The van der Waals surface area contributed by atoms with Crippen molar-refractivity contribution in [2.45, 2.75) is 6.92 Å². The molecule has 0 bridgehead atoms. The second-order valence-corrected chi connectivity index (χ2v) is 4.10. The van der Waals surface area contributed by atoms with E-state index in [2.05, 4.69) is 5.10 Å². The number of hydrazone groups is 1. The second kappa shape index (κ2) is 4.18. The number of aliphatic carboxylic acids is 1. The summed E-state index contributed by atoms with van der Waals surface area (Å²) in [6.45, 7) is 1.79. The summed E-state index contributed by atoms with van der Waals surface area (Å²) in [6.07, 6.45) is 0. The largest absolute Gasteiger partial charge is 0.476 e. The Labute approximate surface area is 102 Å². The van der Waals surface area contributed by atoms with Gasteiger partial charge in [0.2, 0.25) is 11.5 Å². The number of rotatable bonds is 2. The van der Waals surface area contributed by atoms with Crippen LogP contribution in [0.1, 0.15) is 5.56 Å². The normalized spacial score (nSPS) is 15.1. The van der Waals surface area contributed by atoms with Crippen LogP contribution in [0.15, 0.2) is 23.3 Å². The lowest BCUT2D eigenvalue weighted by Crippen LogP contribution is -2.23. The molecule has 5 nitrogen and oxygen atoms in total. The van der Waals surface area contributed by atoms with Crippen LogP contribution in [-0.2, 0) is 9.59 Å². The van der Waals surface area contributed by atoms with Crippen LogP contribution in [0, 0.1) is 6.92 Å². The van der Waals surface area contributed by atoms with E-state index in [1.807, 2.05) is 13.0 Å². The summed E-state index contributed by atoms with van der Waals surface area (Å²) in [4.78, 5) is 22.1. The van der Waals surface area contributed by atoms with Crippen LogP contribution in [0.25, 0.3) is 0 Å². The maximum atomic E-state index is 11.4. The van der Waals surface area contributed by atoms with Crippen LogP contribution in [0.4, 0.5) is 5.69 Å². The molecule has 17 heavy (non-hydrogen) atoms. The predicted octanol–water partition coefficient (Wildman–Crippen LogP) is 1.48. The number of hydrogen-bond acceptors (Lipinski definition) is 4. The van der Waals surface area contributed by atoms with Gasteiger partial charge in [0.1, 0.15) is 6.54 Å². The van der Waals surface area contributed by atoms with Gasteiger partial charge in [-0.05, 0) is 24.6 Å². The molecule has 0 amide bonds. The van der Waals surface area contributed by atoms with E-state index in [1.165, 1.54) is 5.01 Å². The van der Waals surface area contributed by atoms with Crippen LogP contribution >= 0.6 is 11.6 Å². The molecule has 0 unspecified atom stereocenters. The third kappa shape index (κ3) is 2.14. The summed E-state index contributed by atoms with van der Waals surface area (Å²) in [5.74, 6) is -1.84. The fourth-order valence-electron chi connectivity index (χ4n) is 1.55. The molecule has 0 radical (unpaired) electrons. The summed E-state index contributed by atoms with van der Waals surface area (Å²) in [5.41, 5.74) is 1.05. The highest BCUT2D eigenvalue weighted by Crippen LogP contribution is 2.28. The Hall–Kier alpha value is -1.88. The molecule has 0 aromatic heterocycles. The molecular formula is C11H9ClN2O3. The first-order valence-corrected chi connectivity index (χ1v) is 5.25. The lowest BCUT2D eigenvalue weighted by Gasteiger charge is -2.14. The minimum Gasteiger partial charge on any atom is -0.476 e. The van der Waals surface area contributed by atoms with Gasteiger partial charge in [0.05, 0.1) is 10.7 Å². The Morgan fingerprint density at radius 3 is 2.76 bits per heavy atom. The molecule has 6 heteroatoms. The monoisotopic (exact) mass is 252 g/mol. The quantitative estimate of drug-likeness (QED) is 0.866. The maximum Gasteiger partial charge on any atom is 0.360 e. The number of nitrogens with zero attached hydrogens (tertiary/aromatic N) is 2. The first-order chi connectivity index (χ1) is 7.99. The van der Waals surface area contributed by atoms with Crippen molar-refractivity contribution in [1.29, 1.82) is 0 Å². The van der Waals surface area contributed by atoms with Gasteiger partial charge < -0.3 is 5.11 Å². The summed E-state index contributed by atoms with van der Waals surface area (Å²) >= 11 is 6.01. The molecule has 0 saturated carbocycles. The van der Waals surface area contributed by atoms with E-state index in [9.17, 15) is 9.59 Å². The smallest absolute Gasteiger partial charge is 0.360 e. The minimum atomic E-state index is -1.32. The highest BCUT2D eigenvalue weighted by atomic mass is 35.5. The van der Waals surface area contributed by atoms with Crippen LogP contribution in [0.5, 0.6) is 0 Å². The molecule has 0 saturated heterocycles. The van der Waals surface area contributed by atoms with E-state index >= 15 is 0 Å². The van der Waals surface area contributed by atoms with Crippen molar-refractivity contribution >= 4 is 34.8 Å². The Balaban J connectivity index is 2.37. The standard InChI is InChI=1S/C11H9ClN2O3/c1-6-2-3-8(7(12)4-6)14-5-9(15)10(13-14)11(16)17/h2-4H,5H2,1H3,(H,16,17). The molecule has 1 aliphatic heterocycles. The average molecular weight is 253 g/mol. The highest BCUT2D eigenvalue weighted by molar-refractivity contribution is 6.65. The number of benzene rings is 1. The summed E-state index contributed by atoms with van der Waals surface area (Å²) in [7, 11) is 0. The number of carbonyl (C=O) groups excluding carboxylic acids is 1. The Kier molecular flexibility index (Phi) is 2.85. The number of anilines is 1. The maximum absolute atomic E-state index is 11.4. The highest BCUT2D eigenvalue weighted by Gasteiger charge is 2.30. The van der Waals surface area contributed by atoms with Gasteiger partial charge in [-0.3, -0.25) is 9.80 Å². The van der Waals surface area contributed by atoms with Gasteiger partial charge in [-0.15, -0.1) is 0 Å². The van der Waals surface area contributed by atoms with E-state index in [-0.39, 0.29) is 6.54 Å². The SMILES string of the molecule is Cc1ccc(N2CC(=O)C(C(=O)O)=N2)c(Cl)c1. The Morgan fingerprint density at radius 1 is 1.53 bits per heavy atom. The molecule has 1 heterocycles. The van der Waals surface area contributed by atoms with Crippen LogP contribution in [0.2, 0.25) is 5.02 Å². The molecule has 1 aromatic carbocycles. The zero-order chi connectivity index (χ0) is 12.6. The van der Waals surface area contributed by atoms with Gasteiger partial charge in [-0.25, -0.2) is 4.79 Å². The van der Waals surface area contributed by atoms with E-state index in [4.69, 9.17) is 16.7 Å². The molecule has 0 fully saturated rings. The average Bonchev–Trinajstić information content (AvgIpc) is 2.60. The molecule has 1 N–H and O–H groups in total. The fraction of sp³-hybridized carbons (Fsp3) is 0.182. The first-order valence-electron chi connectivity index (χ1n) is 4.88. The molecule has 0 atom stereocenters. The first kappa shape index (κ1) is 11.6. The van der Waals surface area contributed by atoms with Crippen molar-refractivity contribution in [3.05, 3.63) is 28.8 Å². The lowest BCUT2D eigenvalue weighted by molar-refractivity contribution is -0.130. The predicted molar refractivity (Wildman–Crippen MR) is 63.6 cm³/mol. The fourth-order valence-corrected chi connectivity index (χ4v) is 1.88. The van der Waals surface area contributed by atoms with Gasteiger partial charge in [0, 0.05) is 0 Å². The minimum absolute atomic E-state index is 0.0928. The van der Waals surface area contributed by atoms with Crippen LogP contribution in [0.3, 0.4) is 0 Å². The number of carboxylic acids is 1. The number of carbonyl (C=O) groups is 2. The molecule has 0 aliphatic carbocycles. The van der Waals surface area contributed by atoms with Crippen molar-refractivity contribution < 1.29 is 14.7 Å². The Morgan fingerprint density at radius 2 is 2.24 bits per heavy atom. The van der Waals surface area contributed by atoms with Gasteiger partial charge >= 0.3 is 5.97 Å². The van der Waals surface area contributed by atoms with E-state index < -0.39 is 17.5 Å². The third-order valence-corrected chi connectivity index (χ3v) is 2.66. The molecule has 88 valence electrons. The van der Waals surface area contributed by atoms with Gasteiger partial charge in [-0.2, -0.15) is 5.10 Å². The molecule has 1 aliphatic rings. The van der Waals surface area contributed by atoms with E-state index in [0.717, 1.165) is 5.56 Å². The number of Topliss-reactive ketones (excluding diaryl/α,β-unsaturated/α-hetero) is 1. The summed E-state index contributed by atoms with van der Waals surface area (Å²) in [5, 5.41) is 14.2. The number of halogens is 1. The van der Waals surface area contributed by atoms with Crippen molar-refractivity contribution in [1.82, 2.24) is 0 Å². The van der Waals surface area contributed by atoms with Crippen LogP contribution in [-0.4, -0.2) is 29.1 Å². The number of carboxylic acid groups (broad SMARTS) is 1. The third-order valence-electron chi connectivity index (χ3n) is 2.36.